The predicted molar refractivity (Wildman–Crippen MR) is 90.8 cm³/mol. The summed E-state index contributed by atoms with van der Waals surface area (Å²) in [5.41, 5.74) is 1.72. The molecular weight excluding hydrogens is 314 g/mol. The smallest absolute Gasteiger partial charge is 0.320 e. The standard InChI is InChI=1S/C16H19N3O3S/c1-3-12(9-13(20)21)18-16(22)19-14-10(2)17-15(23-14)11-7-5-4-6-8-11/h4-8,12H,3,9H2,1-2H3,(H,20,21)(H2,18,19,22)/t12-/m0/s1. The largest absolute Gasteiger partial charge is 0.481 e. The molecule has 2 rings (SSSR count). The van der Waals surface area contributed by atoms with Gasteiger partial charge in [-0.1, -0.05) is 48.6 Å². The second-order valence-corrected chi connectivity index (χ2v) is 6.10. The molecule has 0 saturated heterocycles. The molecular formula is C16H19N3O3S. The van der Waals surface area contributed by atoms with E-state index >= 15 is 0 Å². The highest BCUT2D eigenvalue weighted by Gasteiger charge is 2.16. The van der Waals surface area contributed by atoms with Gasteiger partial charge in [0.15, 0.2) is 0 Å². The number of benzene rings is 1. The zero-order chi connectivity index (χ0) is 16.8. The van der Waals surface area contributed by atoms with Gasteiger partial charge in [0.05, 0.1) is 12.1 Å². The third-order valence-corrected chi connectivity index (χ3v) is 4.42. The number of aliphatic carboxylic acids is 1. The minimum absolute atomic E-state index is 0.0964. The number of aromatic nitrogens is 1. The SMILES string of the molecule is CC[C@@H](CC(=O)O)NC(=O)Nc1sc(-c2ccccc2)nc1C. The molecule has 2 aromatic rings. The van der Waals surface area contributed by atoms with E-state index in [1.54, 1.807) is 0 Å². The Morgan fingerprint density at radius 3 is 2.61 bits per heavy atom. The van der Waals surface area contributed by atoms with Crippen LogP contribution in [0.5, 0.6) is 0 Å². The number of carbonyl (C=O) groups excluding carboxylic acids is 1. The van der Waals surface area contributed by atoms with Gasteiger partial charge in [-0.15, -0.1) is 0 Å². The van der Waals surface area contributed by atoms with E-state index < -0.39 is 18.0 Å². The highest BCUT2D eigenvalue weighted by atomic mass is 32.1. The molecule has 0 radical (unpaired) electrons. The van der Waals surface area contributed by atoms with Gasteiger partial charge in [-0.2, -0.15) is 0 Å². The highest BCUT2D eigenvalue weighted by molar-refractivity contribution is 7.19. The van der Waals surface area contributed by atoms with Crippen molar-refractivity contribution in [3.63, 3.8) is 0 Å². The van der Waals surface area contributed by atoms with Crippen molar-refractivity contribution in [1.29, 1.82) is 0 Å². The maximum atomic E-state index is 12.0. The van der Waals surface area contributed by atoms with Gasteiger partial charge < -0.3 is 10.4 Å². The lowest BCUT2D eigenvalue weighted by Crippen LogP contribution is -2.38. The van der Waals surface area contributed by atoms with Crippen molar-refractivity contribution in [3.05, 3.63) is 36.0 Å². The minimum atomic E-state index is -0.933. The maximum absolute atomic E-state index is 12.0. The van der Waals surface area contributed by atoms with E-state index in [0.717, 1.165) is 16.3 Å². The fourth-order valence-electron chi connectivity index (χ4n) is 2.05. The van der Waals surface area contributed by atoms with Gasteiger partial charge in [0.1, 0.15) is 10.0 Å². The molecule has 0 fully saturated rings. The fourth-order valence-corrected chi connectivity index (χ4v) is 3.02. The van der Waals surface area contributed by atoms with Crippen LogP contribution in [0.25, 0.3) is 10.6 Å². The molecule has 122 valence electrons. The first-order valence-corrected chi connectivity index (χ1v) is 8.13. The molecule has 0 saturated carbocycles. The van der Waals surface area contributed by atoms with Crippen molar-refractivity contribution >= 4 is 28.3 Å². The van der Waals surface area contributed by atoms with Crippen molar-refractivity contribution in [2.75, 3.05) is 5.32 Å². The Hall–Kier alpha value is -2.41. The van der Waals surface area contributed by atoms with E-state index in [1.165, 1.54) is 11.3 Å². The molecule has 23 heavy (non-hydrogen) atoms. The zero-order valence-corrected chi connectivity index (χ0v) is 13.8. The monoisotopic (exact) mass is 333 g/mol. The van der Waals surface area contributed by atoms with Crippen LogP contribution in [-0.4, -0.2) is 28.1 Å². The van der Waals surface area contributed by atoms with Crippen LogP contribution in [0, 0.1) is 6.92 Å². The Morgan fingerprint density at radius 1 is 1.30 bits per heavy atom. The molecule has 1 atom stereocenters. The molecule has 1 aromatic heterocycles. The first-order valence-electron chi connectivity index (χ1n) is 7.31. The lowest BCUT2D eigenvalue weighted by Gasteiger charge is -2.14. The summed E-state index contributed by atoms with van der Waals surface area (Å²) in [6.45, 7) is 3.66. The molecule has 0 spiro atoms. The number of amides is 2. The summed E-state index contributed by atoms with van der Waals surface area (Å²) >= 11 is 1.39. The van der Waals surface area contributed by atoms with E-state index in [-0.39, 0.29) is 6.42 Å². The number of nitrogens with zero attached hydrogens (tertiary/aromatic N) is 1. The van der Waals surface area contributed by atoms with Crippen LogP contribution in [0.2, 0.25) is 0 Å². The summed E-state index contributed by atoms with van der Waals surface area (Å²) in [6, 6.07) is 8.92. The molecule has 0 aliphatic rings. The molecule has 1 heterocycles. The molecule has 6 nitrogen and oxygen atoms in total. The number of carbonyl (C=O) groups is 2. The van der Waals surface area contributed by atoms with Crippen molar-refractivity contribution < 1.29 is 14.7 Å². The van der Waals surface area contributed by atoms with E-state index in [1.807, 2.05) is 44.2 Å². The lowest BCUT2D eigenvalue weighted by atomic mass is 10.1. The lowest BCUT2D eigenvalue weighted by molar-refractivity contribution is -0.137. The summed E-state index contributed by atoms with van der Waals surface area (Å²) in [7, 11) is 0. The summed E-state index contributed by atoms with van der Waals surface area (Å²) in [5, 5.41) is 15.7. The van der Waals surface area contributed by atoms with Crippen LogP contribution in [0.15, 0.2) is 30.3 Å². The predicted octanol–water partition coefficient (Wildman–Crippen LogP) is 3.49. The Balaban J connectivity index is 2.04. The average Bonchev–Trinajstić information content (AvgIpc) is 2.88. The number of carboxylic acids is 1. The van der Waals surface area contributed by atoms with Crippen LogP contribution < -0.4 is 10.6 Å². The van der Waals surface area contributed by atoms with Gasteiger partial charge >= 0.3 is 12.0 Å². The number of anilines is 1. The first kappa shape index (κ1) is 17.0. The number of nitrogens with one attached hydrogen (secondary N) is 2. The highest BCUT2D eigenvalue weighted by Crippen LogP contribution is 2.31. The first-order chi connectivity index (χ1) is 11.0. The van der Waals surface area contributed by atoms with E-state index in [2.05, 4.69) is 15.6 Å². The van der Waals surface area contributed by atoms with Gasteiger partial charge in [-0.25, -0.2) is 9.78 Å². The van der Waals surface area contributed by atoms with Gasteiger partial charge in [-0.3, -0.25) is 10.1 Å². The molecule has 0 bridgehead atoms. The number of carboxylic acid groups (broad SMARTS) is 1. The van der Waals surface area contributed by atoms with E-state index in [0.29, 0.717) is 11.4 Å². The quantitative estimate of drug-likeness (QED) is 0.754. The average molecular weight is 333 g/mol. The zero-order valence-electron chi connectivity index (χ0n) is 13.0. The maximum Gasteiger partial charge on any atom is 0.320 e. The summed E-state index contributed by atoms with van der Waals surface area (Å²) in [5.74, 6) is -0.933. The molecule has 7 heteroatoms. The Labute approximate surface area is 138 Å². The van der Waals surface area contributed by atoms with Crippen molar-refractivity contribution in [2.45, 2.75) is 32.7 Å². The number of hydrogen-bond donors (Lipinski definition) is 3. The number of thiazole rings is 1. The van der Waals surface area contributed by atoms with Crippen LogP contribution in [0.1, 0.15) is 25.5 Å². The normalized spacial score (nSPS) is 11.7. The van der Waals surface area contributed by atoms with E-state index in [4.69, 9.17) is 5.11 Å². The minimum Gasteiger partial charge on any atom is -0.481 e. The molecule has 0 unspecified atom stereocenters. The number of aryl methyl sites for hydroxylation is 1. The van der Waals surface area contributed by atoms with Gasteiger partial charge in [-0.05, 0) is 13.3 Å². The van der Waals surface area contributed by atoms with Gasteiger partial charge in [0.25, 0.3) is 0 Å². The van der Waals surface area contributed by atoms with Crippen LogP contribution in [0.4, 0.5) is 9.80 Å². The van der Waals surface area contributed by atoms with Gasteiger partial charge in [0, 0.05) is 11.6 Å². The Bertz CT molecular complexity index is 685. The van der Waals surface area contributed by atoms with Crippen LogP contribution >= 0.6 is 11.3 Å². The summed E-state index contributed by atoms with van der Waals surface area (Å²) < 4.78 is 0. The Kier molecular flexibility index (Phi) is 5.70. The van der Waals surface area contributed by atoms with Crippen LogP contribution in [-0.2, 0) is 4.79 Å². The van der Waals surface area contributed by atoms with Crippen molar-refractivity contribution in [1.82, 2.24) is 10.3 Å². The molecule has 0 aliphatic heterocycles. The van der Waals surface area contributed by atoms with Crippen LogP contribution in [0.3, 0.4) is 0 Å². The van der Waals surface area contributed by atoms with E-state index in [9.17, 15) is 9.59 Å². The third-order valence-electron chi connectivity index (χ3n) is 3.29. The second-order valence-electron chi connectivity index (χ2n) is 5.10. The van der Waals surface area contributed by atoms with Crippen molar-refractivity contribution in [3.8, 4) is 10.6 Å². The number of rotatable bonds is 6. The molecule has 0 aliphatic carbocycles. The third kappa shape index (κ3) is 4.79. The molecule has 2 amide bonds. The van der Waals surface area contributed by atoms with Crippen molar-refractivity contribution in [2.24, 2.45) is 0 Å². The number of hydrogen-bond acceptors (Lipinski definition) is 4. The fraction of sp³-hybridized carbons (Fsp3) is 0.312. The molecule has 1 aromatic carbocycles. The molecule has 3 N–H and O–H groups in total. The second kappa shape index (κ2) is 7.73. The Morgan fingerprint density at radius 2 is 2.00 bits per heavy atom. The van der Waals surface area contributed by atoms with Gasteiger partial charge in [0.2, 0.25) is 0 Å². The number of urea groups is 1. The summed E-state index contributed by atoms with van der Waals surface area (Å²) in [6.07, 6.45) is 0.456. The topological polar surface area (TPSA) is 91.3 Å². The summed E-state index contributed by atoms with van der Waals surface area (Å²) in [4.78, 5) is 27.2.